The van der Waals surface area contributed by atoms with Gasteiger partial charge < -0.3 is 4.74 Å². The van der Waals surface area contributed by atoms with E-state index < -0.39 is 0 Å². The van der Waals surface area contributed by atoms with Crippen molar-refractivity contribution in [2.75, 3.05) is 13.2 Å². The number of hydrogen-bond acceptors (Lipinski definition) is 1. The molecule has 114 valence electrons. The molecule has 0 unspecified atom stereocenters. The Morgan fingerprint density at radius 3 is 2.00 bits per heavy atom. The molecule has 0 amide bonds. The van der Waals surface area contributed by atoms with Crippen molar-refractivity contribution < 1.29 is 4.74 Å². The Balaban J connectivity index is 3.79. The monoisotopic (exact) mass is 276 g/mol. The number of rotatable bonds is 10. The fourth-order valence-electron chi connectivity index (χ4n) is 1.77. The topological polar surface area (TPSA) is 9.23 Å². The van der Waals surface area contributed by atoms with Gasteiger partial charge in [0.15, 0.2) is 0 Å². The summed E-state index contributed by atoms with van der Waals surface area (Å²) in [6.07, 6.45) is 15.5. The van der Waals surface area contributed by atoms with Gasteiger partial charge in [-0.2, -0.15) is 0 Å². The standard InChI is InChI=1S/C19H32O/c1-6-7-15-20-16-14-19(5)13-9-12-18(4)11-8-10-17(2)3/h6-7,10,12,14H,8-9,11,13,15-16H2,1-5H3/b7-6+,18-12+,19-14+. The van der Waals surface area contributed by atoms with Crippen LogP contribution in [0.4, 0.5) is 0 Å². The molecule has 1 heteroatoms. The predicted octanol–water partition coefficient (Wildman–Crippen LogP) is 6.00. The van der Waals surface area contributed by atoms with Gasteiger partial charge in [-0.1, -0.05) is 47.1 Å². The van der Waals surface area contributed by atoms with Crippen molar-refractivity contribution in [3.8, 4) is 0 Å². The molecule has 0 fully saturated rings. The minimum atomic E-state index is 0.712. The summed E-state index contributed by atoms with van der Waals surface area (Å²) >= 11 is 0. The van der Waals surface area contributed by atoms with Crippen LogP contribution in [0.15, 0.2) is 47.1 Å². The maximum atomic E-state index is 5.46. The average molecular weight is 276 g/mol. The molecule has 0 saturated carbocycles. The van der Waals surface area contributed by atoms with Crippen molar-refractivity contribution in [2.45, 2.75) is 60.3 Å². The van der Waals surface area contributed by atoms with E-state index in [2.05, 4.69) is 45.9 Å². The van der Waals surface area contributed by atoms with E-state index in [4.69, 9.17) is 4.74 Å². The second-order valence-corrected chi connectivity index (χ2v) is 5.57. The van der Waals surface area contributed by atoms with Gasteiger partial charge in [0, 0.05) is 0 Å². The highest BCUT2D eigenvalue weighted by molar-refractivity contribution is 5.05. The molecule has 20 heavy (non-hydrogen) atoms. The maximum Gasteiger partial charge on any atom is 0.0654 e. The van der Waals surface area contributed by atoms with E-state index in [-0.39, 0.29) is 0 Å². The van der Waals surface area contributed by atoms with E-state index in [1.54, 1.807) is 0 Å². The van der Waals surface area contributed by atoms with Crippen molar-refractivity contribution >= 4 is 0 Å². The van der Waals surface area contributed by atoms with E-state index in [9.17, 15) is 0 Å². The molecule has 0 aromatic carbocycles. The summed E-state index contributed by atoms with van der Waals surface area (Å²) < 4.78 is 5.46. The van der Waals surface area contributed by atoms with Gasteiger partial charge in [0.25, 0.3) is 0 Å². The lowest BCUT2D eigenvalue weighted by atomic mass is 10.1. The lowest BCUT2D eigenvalue weighted by Crippen LogP contribution is -1.91. The van der Waals surface area contributed by atoms with Crippen LogP contribution in [0.1, 0.15) is 60.3 Å². The summed E-state index contributed by atoms with van der Waals surface area (Å²) in [6, 6.07) is 0. The van der Waals surface area contributed by atoms with Crippen molar-refractivity contribution in [2.24, 2.45) is 0 Å². The van der Waals surface area contributed by atoms with Crippen molar-refractivity contribution in [3.63, 3.8) is 0 Å². The molecule has 0 aromatic rings. The third-order valence-corrected chi connectivity index (χ3v) is 3.12. The van der Waals surface area contributed by atoms with Gasteiger partial charge in [-0.25, -0.2) is 0 Å². The van der Waals surface area contributed by atoms with Crippen LogP contribution in [0.25, 0.3) is 0 Å². The molecule has 0 heterocycles. The minimum Gasteiger partial charge on any atom is -0.373 e. The lowest BCUT2D eigenvalue weighted by molar-refractivity contribution is 0.193. The molecule has 1 nitrogen and oxygen atoms in total. The van der Waals surface area contributed by atoms with Crippen LogP contribution in [-0.4, -0.2) is 13.2 Å². The Kier molecular flexibility index (Phi) is 12.2. The number of hydrogen-bond donors (Lipinski definition) is 0. The molecule has 0 radical (unpaired) electrons. The van der Waals surface area contributed by atoms with Crippen LogP contribution in [0, 0.1) is 0 Å². The second-order valence-electron chi connectivity index (χ2n) is 5.57. The fourth-order valence-corrected chi connectivity index (χ4v) is 1.77. The second kappa shape index (κ2) is 12.9. The van der Waals surface area contributed by atoms with E-state index in [0.717, 1.165) is 25.9 Å². The molecule has 0 bridgehead atoms. The molecule has 0 N–H and O–H groups in total. The Morgan fingerprint density at radius 1 is 0.800 bits per heavy atom. The molecule has 0 atom stereocenters. The van der Waals surface area contributed by atoms with Gasteiger partial charge in [-0.15, -0.1) is 0 Å². The smallest absolute Gasteiger partial charge is 0.0654 e. The van der Waals surface area contributed by atoms with E-state index in [1.165, 1.54) is 23.1 Å². The van der Waals surface area contributed by atoms with Crippen molar-refractivity contribution in [1.29, 1.82) is 0 Å². The molecule has 0 saturated heterocycles. The Labute approximate surface area is 126 Å². The molecule has 0 aromatic heterocycles. The maximum absolute atomic E-state index is 5.46. The predicted molar refractivity (Wildman–Crippen MR) is 91.0 cm³/mol. The molecule has 0 spiro atoms. The summed E-state index contributed by atoms with van der Waals surface area (Å²) in [5.41, 5.74) is 4.33. The number of allylic oxidation sites excluding steroid dienone is 6. The first-order valence-electron chi connectivity index (χ1n) is 7.69. The summed E-state index contributed by atoms with van der Waals surface area (Å²) in [6.45, 7) is 12.2. The Bertz CT molecular complexity index is 352. The molecule has 0 aliphatic carbocycles. The van der Waals surface area contributed by atoms with Crippen LogP contribution in [0.2, 0.25) is 0 Å². The normalized spacial score (nSPS) is 13.1. The van der Waals surface area contributed by atoms with E-state index >= 15 is 0 Å². The van der Waals surface area contributed by atoms with Crippen LogP contribution < -0.4 is 0 Å². The van der Waals surface area contributed by atoms with Gasteiger partial charge in [-0.3, -0.25) is 0 Å². The Morgan fingerprint density at radius 2 is 1.40 bits per heavy atom. The van der Waals surface area contributed by atoms with Crippen LogP contribution in [-0.2, 0) is 4.74 Å². The minimum absolute atomic E-state index is 0.712. The summed E-state index contributed by atoms with van der Waals surface area (Å²) in [5.74, 6) is 0. The third-order valence-electron chi connectivity index (χ3n) is 3.12. The molecule has 0 aliphatic heterocycles. The van der Waals surface area contributed by atoms with Gasteiger partial charge in [0.1, 0.15) is 0 Å². The van der Waals surface area contributed by atoms with Gasteiger partial charge in [0.05, 0.1) is 13.2 Å². The summed E-state index contributed by atoms with van der Waals surface area (Å²) in [4.78, 5) is 0. The zero-order chi connectivity index (χ0) is 15.2. The molecule has 0 rings (SSSR count). The molecular formula is C19H32O. The SMILES string of the molecule is C/C=C/COC/C=C(\C)CC/C=C(\C)CCC=C(C)C. The Hall–Kier alpha value is -1.08. The van der Waals surface area contributed by atoms with Gasteiger partial charge >= 0.3 is 0 Å². The van der Waals surface area contributed by atoms with Crippen molar-refractivity contribution in [3.05, 3.63) is 47.1 Å². The number of ether oxygens (including phenoxy) is 1. The van der Waals surface area contributed by atoms with E-state index in [1.807, 2.05) is 19.1 Å². The largest absolute Gasteiger partial charge is 0.373 e. The van der Waals surface area contributed by atoms with Crippen LogP contribution in [0.5, 0.6) is 0 Å². The lowest BCUT2D eigenvalue weighted by Gasteiger charge is -2.02. The first kappa shape index (κ1) is 18.9. The quantitative estimate of drug-likeness (QED) is 0.351. The van der Waals surface area contributed by atoms with Crippen molar-refractivity contribution in [1.82, 2.24) is 0 Å². The summed E-state index contributed by atoms with van der Waals surface area (Å²) in [7, 11) is 0. The van der Waals surface area contributed by atoms with Gasteiger partial charge in [-0.05, 0) is 60.3 Å². The van der Waals surface area contributed by atoms with Crippen LogP contribution in [0.3, 0.4) is 0 Å². The first-order valence-corrected chi connectivity index (χ1v) is 7.69. The average Bonchev–Trinajstić information content (AvgIpc) is 2.38. The van der Waals surface area contributed by atoms with Gasteiger partial charge in [0.2, 0.25) is 0 Å². The molecule has 0 aliphatic rings. The summed E-state index contributed by atoms with van der Waals surface area (Å²) in [5, 5.41) is 0. The molecular weight excluding hydrogens is 244 g/mol. The van der Waals surface area contributed by atoms with Crippen LogP contribution >= 0.6 is 0 Å². The highest BCUT2D eigenvalue weighted by Gasteiger charge is 1.92. The first-order chi connectivity index (χ1) is 9.56. The third kappa shape index (κ3) is 13.4. The zero-order valence-corrected chi connectivity index (χ0v) is 14.0. The highest BCUT2D eigenvalue weighted by atomic mass is 16.5. The fraction of sp³-hybridized carbons (Fsp3) is 0.579. The van der Waals surface area contributed by atoms with E-state index in [0.29, 0.717) is 6.61 Å². The highest BCUT2D eigenvalue weighted by Crippen LogP contribution is 2.11. The zero-order valence-electron chi connectivity index (χ0n) is 14.0.